The van der Waals surface area contributed by atoms with E-state index < -0.39 is 36.5 Å². The van der Waals surface area contributed by atoms with Crippen molar-refractivity contribution in [3.8, 4) is 0 Å². The molecule has 0 radical (unpaired) electrons. The summed E-state index contributed by atoms with van der Waals surface area (Å²) in [4.78, 5) is 31.2. The van der Waals surface area contributed by atoms with Gasteiger partial charge in [-0.2, -0.15) is 0 Å². The zero-order valence-corrected chi connectivity index (χ0v) is 10.3. The van der Waals surface area contributed by atoms with Gasteiger partial charge in [-0.25, -0.2) is 9.59 Å². The van der Waals surface area contributed by atoms with Gasteiger partial charge in [0, 0.05) is 0 Å². The second-order valence-electron chi connectivity index (χ2n) is 2.54. The fraction of sp³-hybridized carbons (Fsp3) is 0.571. The zero-order chi connectivity index (χ0) is 11.3. The van der Waals surface area contributed by atoms with Crippen molar-refractivity contribution in [1.29, 1.82) is 0 Å². The van der Waals surface area contributed by atoms with Crippen LogP contribution in [0.4, 0.5) is 0 Å². The Kier molecular flexibility index (Phi) is 8.93. The molecule has 0 fully saturated rings. The Labute approximate surface area is 118 Å². The second-order valence-corrected chi connectivity index (χ2v) is 2.54. The number of aliphatic carboxylic acids is 2. The van der Waals surface area contributed by atoms with Crippen molar-refractivity contribution in [2.45, 2.75) is 25.6 Å². The van der Waals surface area contributed by atoms with E-state index in [1.54, 1.807) is 0 Å². The first-order chi connectivity index (χ1) is 6.34. The van der Waals surface area contributed by atoms with Gasteiger partial charge in [-0.05, 0) is 6.92 Å². The van der Waals surface area contributed by atoms with Crippen molar-refractivity contribution in [3.63, 3.8) is 0 Å². The van der Waals surface area contributed by atoms with Crippen LogP contribution < -0.4 is 0 Å². The molecule has 2 unspecified atom stereocenters. The maximum Gasteiger partial charge on any atom is 2.00 e. The number of carbonyl (C=O) groups is 3. The first-order valence-corrected chi connectivity index (χ1v) is 3.67. The van der Waals surface area contributed by atoms with Crippen molar-refractivity contribution in [2.75, 3.05) is 0 Å². The van der Waals surface area contributed by atoms with Gasteiger partial charge in [0.05, 0.1) is 6.42 Å². The molecular weight excluding hydrogens is 236 g/mol. The fourth-order valence-corrected chi connectivity index (χ4v) is 0.577. The second kappa shape index (κ2) is 7.86. The molecule has 0 aromatic rings. The van der Waals surface area contributed by atoms with Crippen LogP contribution in [-0.2, 0) is 19.1 Å². The van der Waals surface area contributed by atoms with Crippen molar-refractivity contribution in [1.82, 2.24) is 0 Å². The van der Waals surface area contributed by atoms with Gasteiger partial charge in [-0.1, -0.05) is 0 Å². The number of carboxylic acids is 2. The number of aliphatic hydroxyl groups is 1. The molecule has 0 aliphatic carbocycles. The van der Waals surface area contributed by atoms with Gasteiger partial charge in [0.2, 0.25) is 6.10 Å². The van der Waals surface area contributed by atoms with Crippen molar-refractivity contribution >= 4 is 55.6 Å². The van der Waals surface area contributed by atoms with E-state index in [1.165, 1.54) is 0 Å². The van der Waals surface area contributed by atoms with Gasteiger partial charge < -0.3 is 22.9 Å². The van der Waals surface area contributed by atoms with E-state index in [2.05, 4.69) is 4.74 Å². The third-order valence-electron chi connectivity index (χ3n) is 1.23. The minimum Gasteiger partial charge on any atom is -1.00 e. The quantitative estimate of drug-likeness (QED) is 0.407. The number of hydrogen-bond acceptors (Lipinski definition) is 5. The predicted molar refractivity (Wildman–Crippen MR) is 49.4 cm³/mol. The van der Waals surface area contributed by atoms with Gasteiger partial charge in [-0.15, -0.1) is 0 Å². The van der Waals surface area contributed by atoms with Gasteiger partial charge >= 0.3 is 55.6 Å². The molecule has 3 N–H and O–H groups in total. The summed E-state index contributed by atoms with van der Waals surface area (Å²) in [6.07, 6.45) is -4.09. The van der Waals surface area contributed by atoms with Crippen molar-refractivity contribution < 1.29 is 37.3 Å². The molecule has 2 atom stereocenters. The van der Waals surface area contributed by atoms with Crippen LogP contribution in [0.1, 0.15) is 16.2 Å². The molecule has 0 heterocycles. The normalized spacial score (nSPS) is 13.2. The fourth-order valence-electron chi connectivity index (χ4n) is 0.577. The molecule has 0 aliphatic rings. The average Bonchev–Trinajstić information content (AvgIpc) is 2.01. The molecule has 0 bridgehead atoms. The molecule has 0 spiro atoms. The van der Waals surface area contributed by atoms with Gasteiger partial charge in [0.25, 0.3) is 0 Å². The van der Waals surface area contributed by atoms with Crippen LogP contribution in [-0.4, -0.2) is 83.2 Å². The van der Waals surface area contributed by atoms with E-state index >= 15 is 0 Å². The molecular formula is C7H12CaO7. The SMILES string of the molecule is CC(O)C(=O)OC(CC(=O)O)C(=O)O.[Ca+2].[H-].[H-]. The summed E-state index contributed by atoms with van der Waals surface area (Å²) >= 11 is 0. The predicted octanol–water partition coefficient (Wildman–Crippen LogP) is -1.32. The van der Waals surface area contributed by atoms with Crippen LogP contribution in [0.25, 0.3) is 0 Å². The Morgan fingerprint density at radius 3 is 2.07 bits per heavy atom. The zero-order valence-electron chi connectivity index (χ0n) is 10.0. The minimum absolute atomic E-state index is 0. The molecule has 0 rings (SSSR count). The number of aliphatic hydroxyl groups excluding tert-OH is 1. The van der Waals surface area contributed by atoms with E-state index in [0.29, 0.717) is 0 Å². The van der Waals surface area contributed by atoms with E-state index in [4.69, 9.17) is 15.3 Å². The van der Waals surface area contributed by atoms with Crippen LogP contribution in [0.2, 0.25) is 0 Å². The number of esters is 1. The maximum absolute atomic E-state index is 10.7. The van der Waals surface area contributed by atoms with E-state index in [-0.39, 0.29) is 40.6 Å². The molecule has 0 aliphatic heterocycles. The number of hydrogen-bond donors (Lipinski definition) is 3. The summed E-state index contributed by atoms with van der Waals surface area (Å²) in [6.45, 7) is 1.09. The maximum atomic E-state index is 10.7. The topological polar surface area (TPSA) is 121 Å². The summed E-state index contributed by atoms with van der Waals surface area (Å²) in [5.74, 6) is -4.14. The molecule has 0 amide bonds. The number of ether oxygens (including phenoxy) is 1. The summed E-state index contributed by atoms with van der Waals surface area (Å²) in [5, 5.41) is 25.4. The van der Waals surface area contributed by atoms with Gasteiger partial charge in [0.15, 0.2) is 0 Å². The van der Waals surface area contributed by atoms with E-state index in [9.17, 15) is 14.4 Å². The first kappa shape index (κ1) is 17.0. The molecule has 8 heteroatoms. The minimum atomic E-state index is -1.77. The van der Waals surface area contributed by atoms with Crippen molar-refractivity contribution in [3.05, 3.63) is 0 Å². The van der Waals surface area contributed by atoms with Crippen molar-refractivity contribution in [2.24, 2.45) is 0 Å². The molecule has 0 saturated heterocycles. The number of rotatable bonds is 5. The molecule has 0 aromatic carbocycles. The van der Waals surface area contributed by atoms with E-state index in [1.807, 2.05) is 0 Å². The molecule has 0 aromatic heterocycles. The summed E-state index contributed by atoms with van der Waals surface area (Å²) < 4.78 is 4.21. The summed E-state index contributed by atoms with van der Waals surface area (Å²) in [5.41, 5.74) is 0. The van der Waals surface area contributed by atoms with Gasteiger partial charge in [0.1, 0.15) is 6.10 Å². The summed E-state index contributed by atoms with van der Waals surface area (Å²) in [7, 11) is 0. The van der Waals surface area contributed by atoms with Crippen LogP contribution in [0.15, 0.2) is 0 Å². The Balaban J connectivity index is -0.000000282. The average molecular weight is 248 g/mol. The molecule has 7 nitrogen and oxygen atoms in total. The largest absolute Gasteiger partial charge is 2.00 e. The Morgan fingerprint density at radius 2 is 1.80 bits per heavy atom. The van der Waals surface area contributed by atoms with Crippen LogP contribution in [0.5, 0.6) is 0 Å². The Morgan fingerprint density at radius 1 is 1.33 bits per heavy atom. The Hall–Kier alpha value is -0.370. The van der Waals surface area contributed by atoms with E-state index in [0.717, 1.165) is 6.92 Å². The smallest absolute Gasteiger partial charge is 1.00 e. The first-order valence-electron chi connectivity index (χ1n) is 3.67. The number of carboxylic acid groups (broad SMARTS) is 2. The number of carbonyl (C=O) groups excluding carboxylic acids is 1. The molecule has 15 heavy (non-hydrogen) atoms. The third-order valence-corrected chi connectivity index (χ3v) is 1.23. The van der Waals surface area contributed by atoms with Crippen LogP contribution in [0, 0.1) is 0 Å². The molecule has 0 saturated carbocycles. The standard InChI is InChI=1S/C7H10O7.Ca.2H/c1-3(8)7(13)14-4(6(11)12)2-5(9)10;;;/h3-4,8H,2H2,1H3,(H,9,10)(H,11,12);;;/q;+2;2*-1. The monoisotopic (exact) mass is 248 g/mol. The van der Waals surface area contributed by atoms with Crippen LogP contribution in [0.3, 0.4) is 0 Å². The summed E-state index contributed by atoms with van der Waals surface area (Å²) in [6, 6.07) is 0. The third kappa shape index (κ3) is 7.55. The Bertz CT molecular complexity index is 259. The van der Waals surface area contributed by atoms with Gasteiger partial charge in [-0.3, -0.25) is 4.79 Å². The van der Waals surface area contributed by atoms with Crippen LogP contribution >= 0.6 is 0 Å². The molecule has 84 valence electrons.